The van der Waals surface area contributed by atoms with Crippen LogP contribution in [0.4, 0.5) is 8.78 Å². The highest BCUT2D eigenvalue weighted by Gasteiger charge is 2.27. The highest BCUT2D eigenvalue weighted by molar-refractivity contribution is 5.94. The van der Waals surface area contributed by atoms with Gasteiger partial charge in [0.05, 0.1) is 6.04 Å². The second kappa shape index (κ2) is 6.06. The van der Waals surface area contributed by atoms with Crippen LogP contribution in [-0.4, -0.2) is 38.7 Å². The zero-order valence-electron chi connectivity index (χ0n) is 13.1. The predicted molar refractivity (Wildman–Crippen MR) is 80.0 cm³/mol. The van der Waals surface area contributed by atoms with E-state index in [1.165, 1.54) is 0 Å². The van der Waals surface area contributed by atoms with E-state index in [2.05, 4.69) is 10.1 Å². The van der Waals surface area contributed by atoms with Gasteiger partial charge in [0, 0.05) is 24.7 Å². The van der Waals surface area contributed by atoms with E-state index in [1.54, 1.807) is 4.90 Å². The zero-order chi connectivity index (χ0) is 16.6. The Balaban J connectivity index is 1.80. The van der Waals surface area contributed by atoms with E-state index >= 15 is 0 Å². The van der Waals surface area contributed by atoms with Crippen molar-refractivity contribution in [3.8, 4) is 0 Å². The number of rotatable bonds is 2. The first-order valence-electron chi connectivity index (χ1n) is 7.59. The molecular weight excluding hydrogens is 302 g/mol. The van der Waals surface area contributed by atoms with Crippen LogP contribution in [-0.2, 0) is 0 Å². The summed E-state index contributed by atoms with van der Waals surface area (Å²) in [5, 5.41) is 4.38. The van der Waals surface area contributed by atoms with Crippen LogP contribution >= 0.6 is 0 Å². The summed E-state index contributed by atoms with van der Waals surface area (Å²) in [6.45, 7) is 4.73. The Morgan fingerprint density at radius 3 is 2.52 bits per heavy atom. The van der Waals surface area contributed by atoms with E-state index in [0.29, 0.717) is 18.9 Å². The van der Waals surface area contributed by atoms with Gasteiger partial charge in [0.15, 0.2) is 0 Å². The van der Waals surface area contributed by atoms with Crippen molar-refractivity contribution >= 4 is 5.91 Å². The molecule has 0 bridgehead atoms. The SMILES string of the molecule is Cc1nc(C)n([C@H]2CCCN(C(=O)c3cc(F)cc(F)c3)C2)n1. The van der Waals surface area contributed by atoms with Crippen LogP contribution in [0.3, 0.4) is 0 Å². The number of aryl methyl sites for hydroxylation is 2. The first-order chi connectivity index (χ1) is 10.9. The van der Waals surface area contributed by atoms with Gasteiger partial charge in [-0.1, -0.05) is 0 Å². The minimum Gasteiger partial charge on any atom is -0.336 e. The smallest absolute Gasteiger partial charge is 0.254 e. The second-order valence-electron chi connectivity index (χ2n) is 5.86. The standard InChI is InChI=1S/C16H18F2N4O/c1-10-19-11(2)22(20-10)15-4-3-5-21(9-15)16(23)12-6-13(17)8-14(18)7-12/h6-8,15H,3-5,9H2,1-2H3/t15-/m0/s1. The summed E-state index contributed by atoms with van der Waals surface area (Å²) in [6, 6.07) is 2.93. The number of hydrogen-bond donors (Lipinski definition) is 0. The van der Waals surface area contributed by atoms with Crippen molar-refractivity contribution < 1.29 is 13.6 Å². The number of halogens is 2. The van der Waals surface area contributed by atoms with Gasteiger partial charge >= 0.3 is 0 Å². The maximum atomic E-state index is 13.3. The van der Waals surface area contributed by atoms with E-state index in [9.17, 15) is 13.6 Å². The molecule has 1 aliphatic heterocycles. The van der Waals surface area contributed by atoms with Crippen LogP contribution in [0, 0.1) is 25.5 Å². The van der Waals surface area contributed by atoms with E-state index in [0.717, 1.165) is 36.9 Å². The van der Waals surface area contributed by atoms with E-state index < -0.39 is 11.6 Å². The molecule has 0 unspecified atom stereocenters. The van der Waals surface area contributed by atoms with E-state index in [4.69, 9.17) is 0 Å². The minimum absolute atomic E-state index is 0.0345. The zero-order valence-corrected chi connectivity index (χ0v) is 13.1. The maximum absolute atomic E-state index is 13.3. The van der Waals surface area contributed by atoms with Crippen molar-refractivity contribution in [2.45, 2.75) is 32.7 Å². The summed E-state index contributed by atoms with van der Waals surface area (Å²) in [7, 11) is 0. The molecule has 0 N–H and O–H groups in total. The lowest BCUT2D eigenvalue weighted by molar-refractivity contribution is 0.0670. The molecule has 0 saturated carbocycles. The summed E-state index contributed by atoms with van der Waals surface area (Å²) >= 11 is 0. The highest BCUT2D eigenvalue weighted by Crippen LogP contribution is 2.23. The number of nitrogens with zero attached hydrogens (tertiary/aromatic N) is 4. The van der Waals surface area contributed by atoms with Crippen LogP contribution in [0.2, 0.25) is 0 Å². The normalized spacial score (nSPS) is 18.3. The average Bonchev–Trinajstić information content (AvgIpc) is 2.84. The number of carbonyl (C=O) groups is 1. The molecule has 2 aromatic rings. The lowest BCUT2D eigenvalue weighted by Crippen LogP contribution is -2.41. The third kappa shape index (κ3) is 3.23. The fourth-order valence-corrected chi connectivity index (χ4v) is 3.08. The van der Waals surface area contributed by atoms with Gasteiger partial charge in [-0.25, -0.2) is 18.4 Å². The fourth-order valence-electron chi connectivity index (χ4n) is 3.08. The maximum Gasteiger partial charge on any atom is 0.254 e. The largest absolute Gasteiger partial charge is 0.336 e. The Bertz CT molecular complexity index is 723. The number of benzene rings is 1. The molecule has 7 heteroatoms. The third-order valence-corrected chi connectivity index (χ3v) is 4.05. The summed E-state index contributed by atoms with van der Waals surface area (Å²) < 4.78 is 28.5. The van der Waals surface area contributed by atoms with Gasteiger partial charge in [-0.2, -0.15) is 5.10 Å². The molecule has 1 amide bonds. The summed E-state index contributed by atoms with van der Waals surface area (Å²) in [4.78, 5) is 18.4. The fraction of sp³-hybridized carbons (Fsp3) is 0.438. The molecule has 0 aliphatic carbocycles. The van der Waals surface area contributed by atoms with Gasteiger partial charge in [0.2, 0.25) is 0 Å². The van der Waals surface area contributed by atoms with Gasteiger partial charge in [0.1, 0.15) is 23.3 Å². The first-order valence-corrected chi connectivity index (χ1v) is 7.59. The molecular formula is C16H18F2N4O. The van der Waals surface area contributed by atoms with Crippen molar-refractivity contribution in [2.24, 2.45) is 0 Å². The van der Waals surface area contributed by atoms with Gasteiger partial charge in [0.25, 0.3) is 5.91 Å². The van der Waals surface area contributed by atoms with E-state index in [-0.39, 0.29) is 17.5 Å². The Labute approximate surface area is 132 Å². The number of aromatic nitrogens is 3. The molecule has 23 heavy (non-hydrogen) atoms. The molecule has 0 radical (unpaired) electrons. The average molecular weight is 320 g/mol. The molecule has 0 spiro atoms. The lowest BCUT2D eigenvalue weighted by Gasteiger charge is -2.33. The van der Waals surface area contributed by atoms with Crippen molar-refractivity contribution in [1.82, 2.24) is 19.7 Å². The molecule has 1 atom stereocenters. The summed E-state index contributed by atoms with van der Waals surface area (Å²) in [5.74, 6) is -0.353. The topological polar surface area (TPSA) is 51.0 Å². The van der Waals surface area contributed by atoms with Crippen LogP contribution in [0.1, 0.15) is 40.9 Å². The first kappa shape index (κ1) is 15.6. The second-order valence-corrected chi connectivity index (χ2v) is 5.86. The molecule has 2 heterocycles. The number of carbonyl (C=O) groups excluding carboxylic acids is 1. The number of hydrogen-bond acceptors (Lipinski definition) is 3. The Morgan fingerprint density at radius 2 is 1.91 bits per heavy atom. The molecule has 3 rings (SSSR count). The minimum atomic E-state index is -0.746. The lowest BCUT2D eigenvalue weighted by atomic mass is 10.0. The van der Waals surface area contributed by atoms with Crippen molar-refractivity contribution in [3.05, 3.63) is 47.0 Å². The highest BCUT2D eigenvalue weighted by atomic mass is 19.1. The predicted octanol–water partition coefficient (Wildman–Crippen LogP) is 2.65. The van der Waals surface area contributed by atoms with Crippen molar-refractivity contribution in [1.29, 1.82) is 0 Å². The molecule has 1 aromatic heterocycles. The Hall–Kier alpha value is -2.31. The molecule has 1 aromatic carbocycles. The molecule has 5 nitrogen and oxygen atoms in total. The van der Waals surface area contributed by atoms with Gasteiger partial charge < -0.3 is 4.90 Å². The third-order valence-electron chi connectivity index (χ3n) is 4.05. The number of piperidine rings is 1. The van der Waals surface area contributed by atoms with E-state index in [1.807, 2.05) is 18.5 Å². The molecule has 1 fully saturated rings. The van der Waals surface area contributed by atoms with Gasteiger partial charge in [-0.05, 0) is 38.8 Å². The van der Waals surface area contributed by atoms with Gasteiger partial charge in [-0.3, -0.25) is 4.79 Å². The molecule has 122 valence electrons. The number of likely N-dealkylation sites (tertiary alicyclic amines) is 1. The van der Waals surface area contributed by atoms with Gasteiger partial charge in [-0.15, -0.1) is 0 Å². The molecule has 1 saturated heterocycles. The quantitative estimate of drug-likeness (QED) is 0.855. The van der Waals surface area contributed by atoms with Crippen LogP contribution in [0.15, 0.2) is 18.2 Å². The molecule has 1 aliphatic rings. The monoisotopic (exact) mass is 320 g/mol. The number of amides is 1. The van der Waals surface area contributed by atoms with Crippen LogP contribution in [0.25, 0.3) is 0 Å². The summed E-state index contributed by atoms with van der Waals surface area (Å²) in [6.07, 6.45) is 1.71. The Kier molecular flexibility index (Phi) is 4.11. The van der Waals surface area contributed by atoms with Crippen molar-refractivity contribution in [2.75, 3.05) is 13.1 Å². The van der Waals surface area contributed by atoms with Crippen LogP contribution < -0.4 is 0 Å². The summed E-state index contributed by atoms with van der Waals surface area (Å²) in [5.41, 5.74) is 0.0367. The van der Waals surface area contributed by atoms with Crippen LogP contribution in [0.5, 0.6) is 0 Å². The van der Waals surface area contributed by atoms with Crippen molar-refractivity contribution in [3.63, 3.8) is 0 Å². The Morgan fingerprint density at radius 1 is 1.22 bits per heavy atom.